The van der Waals surface area contributed by atoms with E-state index in [4.69, 9.17) is 18.9 Å². The zero-order valence-electron chi connectivity index (χ0n) is 13.6. The predicted octanol–water partition coefficient (Wildman–Crippen LogP) is -0.0447. The molecule has 3 atom stereocenters. The summed E-state index contributed by atoms with van der Waals surface area (Å²) in [6, 6.07) is 0. The van der Waals surface area contributed by atoms with Crippen LogP contribution in [-0.2, 0) is 38.1 Å². The van der Waals surface area contributed by atoms with E-state index in [1.165, 1.54) is 12.2 Å². The van der Waals surface area contributed by atoms with E-state index < -0.39 is 42.3 Å². The molecule has 1 amide bonds. The molecule has 0 aromatic rings. The van der Waals surface area contributed by atoms with Gasteiger partial charge in [0.25, 0.3) is 12.2 Å². The first-order valence-electron chi connectivity index (χ1n) is 7.03. The number of ether oxygens (including phenoxy) is 4. The number of hydrogen-bond acceptors (Lipinski definition) is 8. The number of amides is 1. The topological polar surface area (TPSA) is 117 Å². The van der Waals surface area contributed by atoms with Crippen LogP contribution < -0.4 is 5.32 Å². The first-order valence-corrected chi connectivity index (χ1v) is 7.03. The second kappa shape index (κ2) is 8.70. The fourth-order valence-corrected chi connectivity index (χ4v) is 1.87. The van der Waals surface area contributed by atoms with Gasteiger partial charge in [-0.3, -0.25) is 19.2 Å². The molecule has 0 aromatic heterocycles. The summed E-state index contributed by atoms with van der Waals surface area (Å²) in [5.74, 6) is -2.98. The van der Waals surface area contributed by atoms with Crippen molar-refractivity contribution in [3.8, 4) is 0 Å². The maximum Gasteiger partial charge on any atom is 0.305 e. The maximum atomic E-state index is 12.0. The van der Waals surface area contributed by atoms with E-state index in [0.717, 1.165) is 20.8 Å². The number of hydrogen-bond donors (Lipinski definition) is 1. The van der Waals surface area contributed by atoms with Crippen molar-refractivity contribution < 1.29 is 38.1 Å². The van der Waals surface area contributed by atoms with Crippen molar-refractivity contribution in [1.82, 2.24) is 5.32 Å². The molecule has 0 spiro atoms. The molecule has 1 aliphatic rings. The summed E-state index contributed by atoms with van der Waals surface area (Å²) < 4.78 is 20.3. The Morgan fingerprint density at radius 1 is 1.12 bits per heavy atom. The third-order valence-corrected chi connectivity index (χ3v) is 2.67. The predicted molar refractivity (Wildman–Crippen MR) is 79.0 cm³/mol. The van der Waals surface area contributed by atoms with Crippen LogP contribution in [0.5, 0.6) is 0 Å². The van der Waals surface area contributed by atoms with Gasteiger partial charge >= 0.3 is 17.9 Å². The Morgan fingerprint density at radius 2 is 1.71 bits per heavy atom. The smallest absolute Gasteiger partial charge is 0.305 e. The minimum absolute atomic E-state index is 0.170. The molecular weight excluding hydrogens is 322 g/mol. The molecule has 0 aliphatic carbocycles. The van der Waals surface area contributed by atoms with Crippen molar-refractivity contribution in [2.75, 3.05) is 6.54 Å². The van der Waals surface area contributed by atoms with Crippen molar-refractivity contribution in [2.45, 2.75) is 39.3 Å². The monoisotopic (exact) mass is 341 g/mol. The van der Waals surface area contributed by atoms with Gasteiger partial charge in [-0.2, -0.15) is 0 Å². The molecule has 0 radical (unpaired) electrons. The maximum absolute atomic E-state index is 12.0. The average molecular weight is 341 g/mol. The average Bonchev–Trinajstić information content (AvgIpc) is 2.46. The highest BCUT2D eigenvalue weighted by atomic mass is 16.7. The molecular formula is C15H19NO8. The van der Waals surface area contributed by atoms with Crippen molar-refractivity contribution in [3.05, 3.63) is 24.5 Å². The fourth-order valence-electron chi connectivity index (χ4n) is 1.87. The Labute approximate surface area is 138 Å². The standard InChI is InChI=1S/C15H19NO8/c1-5-6-16-14(20)12-7-11(21-8(2)17)13(22-9(3)18)15(24-12)23-10(4)19/h5,7,11,13,15H,1,6H2,2-4H3,(H,16,20)/t11-,13+,15+/m0/s1. The van der Waals surface area contributed by atoms with Gasteiger partial charge in [0.1, 0.15) is 0 Å². The summed E-state index contributed by atoms with van der Waals surface area (Å²) in [5.41, 5.74) is 0. The largest absolute Gasteiger partial charge is 0.454 e. The molecule has 0 aromatic carbocycles. The Balaban J connectivity index is 3.13. The SMILES string of the molecule is C=CCNC(=O)C1=C[C@H](OC(C)=O)[C@@H](OC(C)=O)[C@H](OC(C)=O)O1. The van der Waals surface area contributed by atoms with Crippen LogP contribution in [0.4, 0.5) is 0 Å². The van der Waals surface area contributed by atoms with Gasteiger partial charge < -0.3 is 24.3 Å². The van der Waals surface area contributed by atoms with Crippen LogP contribution in [0, 0.1) is 0 Å². The molecule has 1 N–H and O–H groups in total. The molecule has 132 valence electrons. The zero-order valence-corrected chi connectivity index (χ0v) is 13.6. The Hall–Kier alpha value is -2.84. The molecule has 1 aliphatic heterocycles. The minimum Gasteiger partial charge on any atom is -0.454 e. The highest BCUT2D eigenvalue weighted by Gasteiger charge is 2.43. The molecule has 1 rings (SSSR count). The molecule has 24 heavy (non-hydrogen) atoms. The molecule has 9 heteroatoms. The third kappa shape index (κ3) is 5.75. The summed E-state index contributed by atoms with van der Waals surface area (Å²) >= 11 is 0. The van der Waals surface area contributed by atoms with E-state index in [1.54, 1.807) is 0 Å². The fraction of sp³-hybridized carbons (Fsp3) is 0.467. The summed E-state index contributed by atoms with van der Waals surface area (Å²) in [5, 5.41) is 2.47. The first kappa shape index (κ1) is 19.2. The number of carbonyl (C=O) groups excluding carboxylic acids is 4. The highest BCUT2D eigenvalue weighted by Crippen LogP contribution is 2.25. The Morgan fingerprint density at radius 3 is 2.21 bits per heavy atom. The molecule has 1 heterocycles. The summed E-state index contributed by atoms with van der Waals surface area (Å²) in [6.07, 6.45) is -1.21. The number of carbonyl (C=O) groups is 4. The van der Waals surface area contributed by atoms with Gasteiger partial charge in [0, 0.05) is 33.4 Å². The van der Waals surface area contributed by atoms with E-state index in [-0.39, 0.29) is 12.3 Å². The lowest BCUT2D eigenvalue weighted by Gasteiger charge is -2.34. The van der Waals surface area contributed by atoms with E-state index in [2.05, 4.69) is 11.9 Å². The van der Waals surface area contributed by atoms with Crippen LogP contribution in [0.3, 0.4) is 0 Å². The Bertz CT molecular complexity index is 568. The second-order valence-corrected chi connectivity index (χ2v) is 4.77. The van der Waals surface area contributed by atoms with Crippen molar-refractivity contribution in [3.63, 3.8) is 0 Å². The molecule has 0 unspecified atom stereocenters. The second-order valence-electron chi connectivity index (χ2n) is 4.77. The lowest BCUT2D eigenvalue weighted by atomic mass is 10.1. The lowest BCUT2D eigenvalue weighted by Crippen LogP contribution is -2.49. The van der Waals surface area contributed by atoms with Crippen LogP contribution in [0.2, 0.25) is 0 Å². The lowest BCUT2D eigenvalue weighted by molar-refractivity contribution is -0.222. The van der Waals surface area contributed by atoms with Gasteiger partial charge in [-0.15, -0.1) is 6.58 Å². The van der Waals surface area contributed by atoms with Crippen LogP contribution in [0.15, 0.2) is 24.5 Å². The summed E-state index contributed by atoms with van der Waals surface area (Å²) in [6.45, 7) is 7.02. The summed E-state index contributed by atoms with van der Waals surface area (Å²) in [7, 11) is 0. The van der Waals surface area contributed by atoms with E-state index >= 15 is 0 Å². The van der Waals surface area contributed by atoms with E-state index in [0.29, 0.717) is 0 Å². The summed E-state index contributed by atoms with van der Waals surface area (Å²) in [4.78, 5) is 45.8. The Kier molecular flexibility index (Phi) is 6.97. The van der Waals surface area contributed by atoms with Crippen molar-refractivity contribution in [1.29, 1.82) is 0 Å². The quantitative estimate of drug-likeness (QED) is 0.406. The van der Waals surface area contributed by atoms with Gasteiger partial charge in [-0.25, -0.2) is 0 Å². The van der Waals surface area contributed by atoms with Crippen LogP contribution in [0.1, 0.15) is 20.8 Å². The van der Waals surface area contributed by atoms with Crippen LogP contribution in [0.25, 0.3) is 0 Å². The highest BCUT2D eigenvalue weighted by molar-refractivity contribution is 5.91. The van der Waals surface area contributed by atoms with Gasteiger partial charge in [0.15, 0.2) is 11.9 Å². The molecule has 0 saturated heterocycles. The third-order valence-electron chi connectivity index (χ3n) is 2.67. The van der Waals surface area contributed by atoms with Gasteiger partial charge in [-0.05, 0) is 0 Å². The van der Waals surface area contributed by atoms with Gasteiger partial charge in [0.2, 0.25) is 6.10 Å². The molecule has 0 saturated carbocycles. The van der Waals surface area contributed by atoms with E-state index in [9.17, 15) is 19.2 Å². The molecule has 9 nitrogen and oxygen atoms in total. The number of esters is 3. The van der Waals surface area contributed by atoms with Crippen molar-refractivity contribution in [2.24, 2.45) is 0 Å². The van der Waals surface area contributed by atoms with Crippen LogP contribution >= 0.6 is 0 Å². The number of nitrogens with one attached hydrogen (secondary N) is 1. The van der Waals surface area contributed by atoms with E-state index in [1.807, 2.05) is 0 Å². The number of rotatable bonds is 6. The molecule has 0 bridgehead atoms. The molecule has 0 fully saturated rings. The van der Waals surface area contributed by atoms with Gasteiger partial charge in [0.05, 0.1) is 0 Å². The van der Waals surface area contributed by atoms with Crippen molar-refractivity contribution >= 4 is 23.8 Å². The zero-order chi connectivity index (χ0) is 18.3. The minimum atomic E-state index is -1.44. The van der Waals surface area contributed by atoms with Gasteiger partial charge in [-0.1, -0.05) is 6.08 Å². The first-order chi connectivity index (χ1) is 11.2. The van der Waals surface area contributed by atoms with Crippen LogP contribution in [-0.4, -0.2) is 48.9 Å². The normalized spacial score (nSPS) is 22.3.